The van der Waals surface area contributed by atoms with Gasteiger partial charge in [-0.15, -0.1) is 0 Å². The number of nitrogens with two attached hydrogens (primary N) is 1. The summed E-state index contributed by atoms with van der Waals surface area (Å²) >= 11 is 0. The first kappa shape index (κ1) is 13.9. The number of urea groups is 1. The molecule has 2 rings (SSSR count). The molecule has 0 bridgehead atoms. The molecule has 0 heterocycles. The van der Waals surface area contributed by atoms with Crippen molar-refractivity contribution in [2.75, 3.05) is 6.54 Å². The molecule has 104 valence electrons. The predicted molar refractivity (Wildman–Crippen MR) is 77.9 cm³/mol. The van der Waals surface area contributed by atoms with Crippen LogP contribution in [0.2, 0.25) is 0 Å². The van der Waals surface area contributed by atoms with Crippen LogP contribution >= 0.6 is 0 Å². The van der Waals surface area contributed by atoms with Gasteiger partial charge in [0.25, 0.3) is 0 Å². The van der Waals surface area contributed by atoms with E-state index in [2.05, 4.69) is 19.1 Å². The highest BCUT2D eigenvalue weighted by Crippen LogP contribution is 2.27. The van der Waals surface area contributed by atoms with Crippen LogP contribution in [-0.4, -0.2) is 23.5 Å². The Hall–Kier alpha value is -1.51. The molecule has 1 fully saturated rings. The van der Waals surface area contributed by atoms with Crippen molar-refractivity contribution in [1.82, 2.24) is 4.90 Å². The second-order valence-corrected chi connectivity index (χ2v) is 5.68. The maximum Gasteiger partial charge on any atom is 0.315 e. The summed E-state index contributed by atoms with van der Waals surface area (Å²) in [5.41, 5.74) is 6.82. The predicted octanol–water partition coefficient (Wildman–Crippen LogP) is 3.19. The number of hydrogen-bond acceptors (Lipinski definition) is 1. The number of hydrogen-bond donors (Lipinski definition) is 1. The van der Waals surface area contributed by atoms with Crippen molar-refractivity contribution >= 4 is 6.03 Å². The van der Waals surface area contributed by atoms with Gasteiger partial charge in [0.2, 0.25) is 0 Å². The molecular formula is C16H24N2O. The molecule has 3 heteroatoms. The van der Waals surface area contributed by atoms with E-state index in [0.29, 0.717) is 6.04 Å². The van der Waals surface area contributed by atoms with E-state index in [1.807, 2.05) is 23.1 Å². The SMILES string of the molecule is C[C@H]1CC[C@H](N(CCc2ccccc2)C(N)=O)CC1. The Morgan fingerprint density at radius 1 is 1.21 bits per heavy atom. The summed E-state index contributed by atoms with van der Waals surface area (Å²) in [6.45, 7) is 3.02. The Labute approximate surface area is 115 Å². The van der Waals surface area contributed by atoms with Gasteiger partial charge in [0.05, 0.1) is 0 Å². The molecule has 0 unspecified atom stereocenters. The molecule has 19 heavy (non-hydrogen) atoms. The van der Waals surface area contributed by atoms with E-state index in [4.69, 9.17) is 5.73 Å². The van der Waals surface area contributed by atoms with E-state index < -0.39 is 0 Å². The van der Waals surface area contributed by atoms with Crippen molar-refractivity contribution in [3.8, 4) is 0 Å². The fourth-order valence-corrected chi connectivity index (χ4v) is 2.92. The lowest BCUT2D eigenvalue weighted by Crippen LogP contribution is -2.46. The van der Waals surface area contributed by atoms with Gasteiger partial charge in [-0.3, -0.25) is 0 Å². The highest BCUT2D eigenvalue weighted by molar-refractivity contribution is 5.72. The van der Waals surface area contributed by atoms with E-state index in [0.717, 1.165) is 31.7 Å². The van der Waals surface area contributed by atoms with Crippen LogP contribution in [0.5, 0.6) is 0 Å². The van der Waals surface area contributed by atoms with Crippen LogP contribution in [0.3, 0.4) is 0 Å². The summed E-state index contributed by atoms with van der Waals surface area (Å²) in [4.78, 5) is 13.5. The van der Waals surface area contributed by atoms with E-state index in [1.54, 1.807) is 0 Å². The van der Waals surface area contributed by atoms with Crippen LogP contribution in [0, 0.1) is 5.92 Å². The summed E-state index contributed by atoms with van der Waals surface area (Å²) in [5.74, 6) is 0.792. The van der Waals surface area contributed by atoms with E-state index >= 15 is 0 Å². The molecule has 3 nitrogen and oxygen atoms in total. The minimum absolute atomic E-state index is 0.268. The number of carbonyl (C=O) groups excluding carboxylic acids is 1. The molecular weight excluding hydrogens is 236 g/mol. The van der Waals surface area contributed by atoms with Crippen molar-refractivity contribution in [1.29, 1.82) is 0 Å². The van der Waals surface area contributed by atoms with Crippen LogP contribution < -0.4 is 5.73 Å². The van der Waals surface area contributed by atoms with Crippen LogP contribution in [0.1, 0.15) is 38.2 Å². The van der Waals surface area contributed by atoms with Gasteiger partial charge < -0.3 is 10.6 Å². The maximum atomic E-state index is 11.6. The Balaban J connectivity index is 1.91. The quantitative estimate of drug-likeness (QED) is 0.888. The zero-order chi connectivity index (χ0) is 13.7. The zero-order valence-corrected chi connectivity index (χ0v) is 11.7. The molecule has 1 saturated carbocycles. The number of amides is 2. The summed E-state index contributed by atoms with van der Waals surface area (Å²) in [6.07, 6.45) is 5.49. The molecule has 0 atom stereocenters. The topological polar surface area (TPSA) is 46.3 Å². The molecule has 1 aliphatic rings. The van der Waals surface area contributed by atoms with E-state index in [9.17, 15) is 4.79 Å². The van der Waals surface area contributed by atoms with Gasteiger partial charge in [0.1, 0.15) is 0 Å². The third-order valence-corrected chi connectivity index (χ3v) is 4.19. The van der Waals surface area contributed by atoms with Crippen molar-refractivity contribution in [2.45, 2.75) is 45.1 Å². The molecule has 0 radical (unpaired) electrons. The zero-order valence-electron chi connectivity index (χ0n) is 11.7. The highest BCUT2D eigenvalue weighted by atomic mass is 16.2. The number of benzene rings is 1. The molecule has 1 aromatic rings. The Kier molecular flexibility index (Phi) is 4.83. The fraction of sp³-hybridized carbons (Fsp3) is 0.562. The van der Waals surface area contributed by atoms with Gasteiger partial charge in [0.15, 0.2) is 0 Å². The minimum atomic E-state index is -0.268. The van der Waals surface area contributed by atoms with Gasteiger partial charge in [-0.1, -0.05) is 37.3 Å². The summed E-state index contributed by atoms with van der Waals surface area (Å²) < 4.78 is 0. The number of carbonyl (C=O) groups is 1. The third kappa shape index (κ3) is 3.98. The Bertz CT molecular complexity index is 396. The first-order valence-electron chi connectivity index (χ1n) is 7.27. The van der Waals surface area contributed by atoms with Gasteiger partial charge >= 0.3 is 6.03 Å². The number of primary amides is 1. The van der Waals surface area contributed by atoms with Gasteiger partial charge in [-0.2, -0.15) is 0 Å². The van der Waals surface area contributed by atoms with Gasteiger partial charge in [-0.05, 0) is 43.6 Å². The lowest BCUT2D eigenvalue weighted by molar-refractivity contribution is 0.154. The highest BCUT2D eigenvalue weighted by Gasteiger charge is 2.25. The second-order valence-electron chi connectivity index (χ2n) is 5.68. The van der Waals surface area contributed by atoms with Crippen molar-refractivity contribution in [3.05, 3.63) is 35.9 Å². The molecule has 2 amide bonds. The lowest BCUT2D eigenvalue weighted by Gasteiger charge is -2.35. The summed E-state index contributed by atoms with van der Waals surface area (Å²) in [6, 6.07) is 10.4. The molecule has 1 aliphatic carbocycles. The first-order chi connectivity index (χ1) is 9.16. The molecule has 0 spiro atoms. The standard InChI is InChI=1S/C16H24N2O/c1-13-7-9-15(10-8-13)18(16(17)19)12-11-14-5-3-2-4-6-14/h2-6,13,15H,7-12H2,1H3,(H2,17,19)/t13-,15-. The van der Waals surface area contributed by atoms with Gasteiger partial charge in [0, 0.05) is 12.6 Å². The molecule has 0 aliphatic heterocycles. The second kappa shape index (κ2) is 6.60. The molecule has 2 N–H and O–H groups in total. The molecule has 0 saturated heterocycles. The van der Waals surface area contributed by atoms with Crippen molar-refractivity contribution in [3.63, 3.8) is 0 Å². The van der Waals surface area contributed by atoms with E-state index in [1.165, 1.54) is 18.4 Å². The lowest BCUT2D eigenvalue weighted by atomic mass is 9.86. The average molecular weight is 260 g/mol. The maximum absolute atomic E-state index is 11.6. The van der Waals surface area contributed by atoms with Crippen molar-refractivity contribution < 1.29 is 4.79 Å². The average Bonchev–Trinajstić information content (AvgIpc) is 2.42. The van der Waals surface area contributed by atoms with Crippen LogP contribution in [0.4, 0.5) is 4.79 Å². The van der Waals surface area contributed by atoms with E-state index in [-0.39, 0.29) is 6.03 Å². The Morgan fingerprint density at radius 3 is 2.42 bits per heavy atom. The summed E-state index contributed by atoms with van der Waals surface area (Å²) in [7, 11) is 0. The van der Waals surface area contributed by atoms with Crippen LogP contribution in [0.25, 0.3) is 0 Å². The third-order valence-electron chi connectivity index (χ3n) is 4.19. The molecule has 1 aromatic carbocycles. The van der Waals surface area contributed by atoms with Gasteiger partial charge in [-0.25, -0.2) is 4.79 Å². The Morgan fingerprint density at radius 2 is 1.84 bits per heavy atom. The number of nitrogens with zero attached hydrogens (tertiary/aromatic N) is 1. The molecule has 0 aromatic heterocycles. The minimum Gasteiger partial charge on any atom is -0.351 e. The smallest absolute Gasteiger partial charge is 0.315 e. The van der Waals surface area contributed by atoms with Crippen LogP contribution in [-0.2, 0) is 6.42 Å². The largest absolute Gasteiger partial charge is 0.351 e. The number of rotatable bonds is 4. The monoisotopic (exact) mass is 260 g/mol. The fourth-order valence-electron chi connectivity index (χ4n) is 2.92. The van der Waals surface area contributed by atoms with Crippen LogP contribution in [0.15, 0.2) is 30.3 Å². The summed E-state index contributed by atoms with van der Waals surface area (Å²) in [5, 5.41) is 0. The first-order valence-corrected chi connectivity index (χ1v) is 7.27. The van der Waals surface area contributed by atoms with Crippen molar-refractivity contribution in [2.24, 2.45) is 11.7 Å². The normalized spacial score (nSPS) is 23.0.